The van der Waals surface area contributed by atoms with Gasteiger partial charge in [-0.15, -0.1) is 11.3 Å². The van der Waals surface area contributed by atoms with Crippen LogP contribution in [0.25, 0.3) is 53.5 Å². The lowest BCUT2D eigenvalue weighted by Crippen LogP contribution is -2.10. The van der Waals surface area contributed by atoms with Crippen LogP contribution in [-0.4, -0.2) is 15.0 Å². The van der Waals surface area contributed by atoms with E-state index in [-0.39, 0.29) is 5.41 Å². The number of fused-ring (bicyclic) bond motifs is 4. The quantitative estimate of drug-likeness (QED) is 0.253. The normalized spacial score (nSPS) is 12.1. The second-order valence-electron chi connectivity index (χ2n) is 10.3. The predicted octanol–water partition coefficient (Wildman–Crippen LogP) is 8.64. The molecule has 0 bridgehead atoms. The van der Waals surface area contributed by atoms with Crippen molar-refractivity contribution < 1.29 is 0 Å². The molecule has 3 aromatic heterocycles. The molecule has 35 heavy (non-hydrogen) atoms. The minimum Gasteiger partial charge on any atom is -0.258 e. The standard InChI is InChI=1S/C31H27N3S/c1-18-12-21(13-19(2)34-18)26-15-22(14-20-8-6-7-9-24(20)26)28-30-29(33-17-32-28)25-11-10-23(31(3,4)5)16-27(25)35-30/h6-17H,1-5H3. The lowest BCUT2D eigenvalue weighted by Gasteiger charge is -2.18. The van der Waals surface area contributed by atoms with Crippen molar-refractivity contribution in [3.63, 3.8) is 0 Å². The van der Waals surface area contributed by atoms with E-state index in [9.17, 15) is 0 Å². The summed E-state index contributed by atoms with van der Waals surface area (Å²) in [5.41, 5.74) is 9.01. The number of hydrogen-bond acceptors (Lipinski definition) is 4. The highest BCUT2D eigenvalue weighted by Gasteiger charge is 2.18. The third-order valence-electron chi connectivity index (χ3n) is 6.65. The fraction of sp³-hybridized carbons (Fsp3) is 0.194. The maximum absolute atomic E-state index is 4.81. The second-order valence-corrected chi connectivity index (χ2v) is 11.4. The first-order chi connectivity index (χ1) is 16.8. The van der Waals surface area contributed by atoms with Crippen LogP contribution in [0.5, 0.6) is 0 Å². The van der Waals surface area contributed by atoms with E-state index in [0.717, 1.165) is 32.9 Å². The molecule has 0 atom stereocenters. The molecule has 0 radical (unpaired) electrons. The molecule has 0 aliphatic heterocycles. The molecule has 0 saturated heterocycles. The minimum atomic E-state index is 0.104. The first-order valence-corrected chi connectivity index (χ1v) is 12.8. The van der Waals surface area contributed by atoms with Gasteiger partial charge in [-0.1, -0.05) is 57.2 Å². The molecule has 0 N–H and O–H groups in total. The fourth-order valence-corrected chi connectivity index (χ4v) is 6.13. The summed E-state index contributed by atoms with van der Waals surface area (Å²) in [6, 6.07) is 24.2. The van der Waals surface area contributed by atoms with Crippen molar-refractivity contribution in [1.29, 1.82) is 0 Å². The monoisotopic (exact) mass is 473 g/mol. The molecule has 172 valence electrons. The van der Waals surface area contributed by atoms with Crippen LogP contribution in [-0.2, 0) is 5.41 Å². The van der Waals surface area contributed by atoms with Gasteiger partial charge in [0.25, 0.3) is 0 Å². The Balaban J connectivity index is 1.63. The topological polar surface area (TPSA) is 38.7 Å². The van der Waals surface area contributed by atoms with E-state index in [1.54, 1.807) is 17.7 Å². The van der Waals surface area contributed by atoms with Gasteiger partial charge in [0.2, 0.25) is 0 Å². The number of nitrogens with zero attached hydrogens (tertiary/aromatic N) is 3. The summed E-state index contributed by atoms with van der Waals surface area (Å²) in [4.78, 5) is 14.1. The largest absolute Gasteiger partial charge is 0.258 e. The van der Waals surface area contributed by atoms with Crippen molar-refractivity contribution in [2.24, 2.45) is 0 Å². The zero-order chi connectivity index (χ0) is 24.3. The molecule has 0 aliphatic rings. The Kier molecular flexibility index (Phi) is 4.97. The van der Waals surface area contributed by atoms with E-state index in [0.29, 0.717) is 0 Å². The lowest BCUT2D eigenvalue weighted by atomic mass is 9.87. The highest BCUT2D eigenvalue weighted by Crippen LogP contribution is 2.41. The number of rotatable bonds is 2. The van der Waals surface area contributed by atoms with E-state index >= 15 is 0 Å². The van der Waals surface area contributed by atoms with Crippen molar-refractivity contribution in [1.82, 2.24) is 15.0 Å². The van der Waals surface area contributed by atoms with Crippen LogP contribution in [0.15, 0.2) is 73.1 Å². The highest BCUT2D eigenvalue weighted by molar-refractivity contribution is 7.26. The van der Waals surface area contributed by atoms with Gasteiger partial charge in [0.1, 0.15) is 6.33 Å². The predicted molar refractivity (Wildman–Crippen MR) is 149 cm³/mol. The molecular formula is C31H27N3S. The zero-order valence-electron chi connectivity index (χ0n) is 20.7. The minimum absolute atomic E-state index is 0.104. The maximum Gasteiger partial charge on any atom is 0.116 e. The average Bonchev–Trinajstić information content (AvgIpc) is 3.20. The van der Waals surface area contributed by atoms with Crippen LogP contribution in [0.2, 0.25) is 0 Å². The molecule has 3 nitrogen and oxygen atoms in total. The first-order valence-electron chi connectivity index (χ1n) is 11.9. The number of aromatic nitrogens is 3. The van der Waals surface area contributed by atoms with Gasteiger partial charge in [-0.3, -0.25) is 4.98 Å². The summed E-state index contributed by atoms with van der Waals surface area (Å²) in [5, 5.41) is 3.63. The van der Waals surface area contributed by atoms with Gasteiger partial charge in [0.05, 0.1) is 15.9 Å². The Morgan fingerprint density at radius 3 is 2.29 bits per heavy atom. The lowest BCUT2D eigenvalue weighted by molar-refractivity contribution is 0.591. The molecule has 0 spiro atoms. The van der Waals surface area contributed by atoms with Gasteiger partial charge < -0.3 is 0 Å². The SMILES string of the molecule is Cc1cc(-c2cc(-c3ncnc4c3sc3cc(C(C)(C)C)ccc34)cc3ccccc23)cc(C)n1. The molecule has 0 saturated carbocycles. The van der Waals surface area contributed by atoms with Gasteiger partial charge in [-0.05, 0) is 77.1 Å². The van der Waals surface area contributed by atoms with Crippen molar-refractivity contribution in [3.05, 3.63) is 90.0 Å². The summed E-state index contributed by atoms with van der Waals surface area (Å²) in [6.45, 7) is 10.9. The van der Waals surface area contributed by atoms with E-state index in [1.165, 1.54) is 37.5 Å². The third kappa shape index (κ3) is 3.78. The van der Waals surface area contributed by atoms with E-state index in [1.807, 2.05) is 0 Å². The van der Waals surface area contributed by atoms with Crippen LogP contribution in [0, 0.1) is 13.8 Å². The Bertz CT molecular complexity index is 1740. The van der Waals surface area contributed by atoms with E-state index in [2.05, 4.69) is 106 Å². The van der Waals surface area contributed by atoms with E-state index < -0.39 is 0 Å². The third-order valence-corrected chi connectivity index (χ3v) is 7.79. The summed E-state index contributed by atoms with van der Waals surface area (Å²) >= 11 is 1.79. The molecule has 6 aromatic rings. The van der Waals surface area contributed by atoms with Crippen LogP contribution in [0.4, 0.5) is 0 Å². The number of thiophene rings is 1. The molecule has 3 heterocycles. The Hall–Kier alpha value is -3.63. The summed E-state index contributed by atoms with van der Waals surface area (Å²) < 4.78 is 2.40. The molecule has 0 unspecified atom stereocenters. The summed E-state index contributed by atoms with van der Waals surface area (Å²) in [5.74, 6) is 0. The zero-order valence-corrected chi connectivity index (χ0v) is 21.5. The molecule has 3 aromatic carbocycles. The van der Waals surface area contributed by atoms with Crippen LogP contribution >= 0.6 is 11.3 Å². The van der Waals surface area contributed by atoms with Crippen LogP contribution < -0.4 is 0 Å². The van der Waals surface area contributed by atoms with Gasteiger partial charge >= 0.3 is 0 Å². The van der Waals surface area contributed by atoms with Gasteiger partial charge in [0, 0.05) is 27.0 Å². The smallest absolute Gasteiger partial charge is 0.116 e. The van der Waals surface area contributed by atoms with Gasteiger partial charge in [-0.25, -0.2) is 9.97 Å². The van der Waals surface area contributed by atoms with Crippen LogP contribution in [0.3, 0.4) is 0 Å². The molecular weight excluding hydrogens is 446 g/mol. The number of aryl methyl sites for hydroxylation is 2. The summed E-state index contributed by atoms with van der Waals surface area (Å²) in [6.07, 6.45) is 1.71. The Morgan fingerprint density at radius 2 is 1.51 bits per heavy atom. The number of benzene rings is 3. The first kappa shape index (κ1) is 21.9. The molecule has 0 amide bonds. The highest BCUT2D eigenvalue weighted by atomic mass is 32.1. The van der Waals surface area contributed by atoms with Crippen molar-refractivity contribution in [3.8, 4) is 22.4 Å². The average molecular weight is 474 g/mol. The molecule has 0 aliphatic carbocycles. The maximum atomic E-state index is 4.81. The van der Waals surface area contributed by atoms with Crippen LogP contribution in [0.1, 0.15) is 37.7 Å². The molecule has 6 rings (SSSR count). The Morgan fingerprint density at radius 1 is 0.743 bits per heavy atom. The fourth-order valence-electron chi connectivity index (χ4n) is 4.92. The van der Waals surface area contributed by atoms with Crippen molar-refractivity contribution in [2.75, 3.05) is 0 Å². The van der Waals surface area contributed by atoms with Gasteiger partial charge in [-0.2, -0.15) is 0 Å². The van der Waals surface area contributed by atoms with Crippen molar-refractivity contribution in [2.45, 2.75) is 40.0 Å². The summed E-state index contributed by atoms with van der Waals surface area (Å²) in [7, 11) is 0. The number of pyridine rings is 1. The number of hydrogen-bond donors (Lipinski definition) is 0. The Labute approximate surface area is 209 Å². The van der Waals surface area contributed by atoms with Gasteiger partial charge in [0.15, 0.2) is 0 Å². The molecule has 0 fully saturated rings. The van der Waals surface area contributed by atoms with E-state index in [4.69, 9.17) is 9.97 Å². The van der Waals surface area contributed by atoms with Crippen molar-refractivity contribution >= 4 is 42.4 Å². The molecule has 4 heteroatoms. The second kappa shape index (κ2) is 7.96.